The van der Waals surface area contributed by atoms with Gasteiger partial charge in [0, 0.05) is 49.8 Å². The fourth-order valence-electron chi connectivity index (χ4n) is 5.62. The maximum absolute atomic E-state index is 13.7. The predicted molar refractivity (Wildman–Crippen MR) is 144 cm³/mol. The average Bonchev–Trinajstić information content (AvgIpc) is 2.83. The SMILES string of the molecule is CN(C)c1cc(CNC(=O)OCC(Cl)(Cl)Cl)c(O)c2c1CC1CC3CC(=O)C(C(N)=O)=C(O)C3(O)C(=O)C1=C2O. The number of carbonyl (C=O) groups is 4. The molecule has 3 aliphatic rings. The molecule has 1 aromatic rings. The number of rotatable bonds is 5. The summed E-state index contributed by atoms with van der Waals surface area (Å²) >= 11 is 16.7. The van der Waals surface area contributed by atoms with Crippen molar-refractivity contribution in [2.75, 3.05) is 25.6 Å². The first-order valence-corrected chi connectivity index (χ1v) is 13.1. The first kappa shape index (κ1) is 29.8. The number of phenols is 1. The van der Waals surface area contributed by atoms with Crippen molar-refractivity contribution in [1.82, 2.24) is 5.32 Å². The molecule has 0 spiro atoms. The fraction of sp³-hybridized carbons (Fsp3) is 0.440. The number of Topliss-reactive ketones (excluding diaryl/α,β-unsaturated/α-hetero) is 2. The van der Waals surface area contributed by atoms with Crippen LogP contribution in [0.1, 0.15) is 29.5 Å². The van der Waals surface area contributed by atoms with Crippen molar-refractivity contribution in [3.63, 3.8) is 0 Å². The summed E-state index contributed by atoms with van der Waals surface area (Å²) < 4.78 is 2.98. The van der Waals surface area contributed by atoms with Crippen molar-refractivity contribution < 1.29 is 44.3 Å². The van der Waals surface area contributed by atoms with E-state index < -0.39 is 80.7 Å². The zero-order valence-electron chi connectivity index (χ0n) is 21.3. The molecule has 0 heterocycles. The number of ketones is 2. The molecule has 3 atom stereocenters. The van der Waals surface area contributed by atoms with Crippen LogP contribution in [0.4, 0.5) is 10.5 Å². The van der Waals surface area contributed by atoms with Crippen molar-refractivity contribution in [2.24, 2.45) is 17.6 Å². The van der Waals surface area contributed by atoms with Crippen molar-refractivity contribution in [3.8, 4) is 5.75 Å². The number of fused-ring (bicyclic) bond motifs is 3. The van der Waals surface area contributed by atoms with Crippen LogP contribution in [0.15, 0.2) is 23.0 Å². The lowest BCUT2D eigenvalue weighted by molar-refractivity contribution is -0.147. The van der Waals surface area contributed by atoms with E-state index in [2.05, 4.69) is 5.32 Å². The number of halogens is 3. The molecular formula is C25H26Cl3N3O9. The number of primary amides is 1. The predicted octanol–water partition coefficient (Wildman–Crippen LogP) is 2.09. The van der Waals surface area contributed by atoms with Crippen LogP contribution < -0.4 is 16.0 Å². The summed E-state index contributed by atoms with van der Waals surface area (Å²) in [7, 11) is 3.43. The first-order valence-electron chi connectivity index (χ1n) is 12.0. The number of aliphatic hydroxyl groups excluding tert-OH is 2. The van der Waals surface area contributed by atoms with E-state index in [9.17, 15) is 39.6 Å². The number of hydrogen-bond donors (Lipinski definition) is 6. The third kappa shape index (κ3) is 4.93. The second kappa shape index (κ2) is 10.3. The molecule has 7 N–H and O–H groups in total. The van der Waals surface area contributed by atoms with E-state index in [0.717, 1.165) is 0 Å². The Morgan fingerprint density at radius 3 is 2.42 bits per heavy atom. The lowest BCUT2D eigenvalue weighted by atomic mass is 9.59. The van der Waals surface area contributed by atoms with E-state index in [1.165, 1.54) is 0 Å². The van der Waals surface area contributed by atoms with E-state index in [1.807, 2.05) is 0 Å². The number of nitrogens with two attached hydrogens (primary N) is 1. The van der Waals surface area contributed by atoms with Crippen LogP contribution in [-0.2, 0) is 32.1 Å². The molecule has 0 aliphatic heterocycles. The Morgan fingerprint density at radius 1 is 1.20 bits per heavy atom. The maximum atomic E-state index is 13.7. The number of alkyl carbamates (subject to hydrolysis) is 1. The number of phenolic OH excluding ortho intramolecular Hbond substituents is 1. The Kier molecular flexibility index (Phi) is 7.69. The molecule has 2 amide bonds. The molecule has 12 nitrogen and oxygen atoms in total. The standard InChI is InChI=1S/C25H26Cl3N3O9/c1-31(2)13-5-10(7-30-23(38)40-8-24(26,27)28)18(33)16-12(13)4-9-3-11-6-14(32)17(22(29)37)21(36)25(11,39)20(35)15(9)19(16)34/h5,9,11,33-34,36,39H,3-4,6-8H2,1-2H3,(H2,29,37)(H,30,38). The molecule has 40 heavy (non-hydrogen) atoms. The van der Waals surface area contributed by atoms with E-state index in [4.69, 9.17) is 45.3 Å². The summed E-state index contributed by atoms with van der Waals surface area (Å²) in [6.45, 7) is -0.814. The minimum absolute atomic E-state index is 0.00883. The molecule has 0 aromatic heterocycles. The van der Waals surface area contributed by atoms with Gasteiger partial charge < -0.3 is 41.1 Å². The van der Waals surface area contributed by atoms with Gasteiger partial charge in [-0.05, 0) is 30.4 Å². The van der Waals surface area contributed by atoms with Gasteiger partial charge in [0.05, 0.1) is 5.56 Å². The smallest absolute Gasteiger partial charge is 0.407 e. The number of alkyl halides is 3. The largest absolute Gasteiger partial charge is 0.508 e. The minimum atomic E-state index is -2.67. The molecule has 4 rings (SSSR count). The number of hydrogen-bond acceptors (Lipinski definition) is 10. The first-order chi connectivity index (χ1) is 18.5. The van der Waals surface area contributed by atoms with E-state index in [1.54, 1.807) is 25.1 Å². The molecule has 216 valence electrons. The van der Waals surface area contributed by atoms with Crippen LogP contribution in [-0.4, -0.2) is 74.1 Å². The summed E-state index contributed by atoms with van der Waals surface area (Å²) in [5.41, 5.74) is 2.47. The monoisotopic (exact) mass is 617 g/mol. The zero-order valence-corrected chi connectivity index (χ0v) is 23.5. The number of nitrogens with zero attached hydrogens (tertiary/aromatic N) is 1. The number of benzene rings is 1. The minimum Gasteiger partial charge on any atom is -0.508 e. The molecular weight excluding hydrogens is 593 g/mol. The lowest BCUT2D eigenvalue weighted by Gasteiger charge is -2.46. The molecule has 0 bridgehead atoms. The van der Waals surface area contributed by atoms with Gasteiger partial charge in [-0.1, -0.05) is 34.8 Å². The number of ether oxygens (including phenoxy) is 1. The summed E-state index contributed by atoms with van der Waals surface area (Å²) in [6, 6.07) is 1.58. The van der Waals surface area contributed by atoms with Crippen LogP contribution >= 0.6 is 34.8 Å². The van der Waals surface area contributed by atoms with Gasteiger partial charge in [0.25, 0.3) is 5.91 Å². The Labute approximate surface area is 242 Å². The summed E-state index contributed by atoms with van der Waals surface area (Å²) in [4.78, 5) is 51.7. The number of anilines is 1. The number of aliphatic hydroxyl groups is 3. The Hall–Kier alpha value is -3.19. The topological polar surface area (TPSA) is 200 Å². The van der Waals surface area contributed by atoms with Gasteiger partial charge in [-0.2, -0.15) is 0 Å². The highest BCUT2D eigenvalue weighted by Gasteiger charge is 2.60. The van der Waals surface area contributed by atoms with E-state index >= 15 is 0 Å². The van der Waals surface area contributed by atoms with Gasteiger partial charge in [0.1, 0.15) is 29.4 Å². The van der Waals surface area contributed by atoms with Crippen molar-refractivity contribution in [3.05, 3.63) is 39.7 Å². The Morgan fingerprint density at radius 2 is 1.85 bits per heavy atom. The van der Waals surface area contributed by atoms with Crippen LogP contribution in [0.5, 0.6) is 5.75 Å². The lowest BCUT2D eigenvalue weighted by Crippen LogP contribution is -2.58. The van der Waals surface area contributed by atoms with Gasteiger partial charge in [-0.15, -0.1) is 0 Å². The maximum Gasteiger partial charge on any atom is 0.407 e. The summed E-state index contributed by atoms with van der Waals surface area (Å²) in [5.74, 6) is -7.20. The molecule has 0 saturated heterocycles. The molecule has 3 unspecified atom stereocenters. The Balaban J connectivity index is 1.78. The van der Waals surface area contributed by atoms with Crippen LogP contribution in [0.2, 0.25) is 0 Å². The van der Waals surface area contributed by atoms with Gasteiger partial charge >= 0.3 is 6.09 Å². The van der Waals surface area contributed by atoms with Gasteiger partial charge in [-0.3, -0.25) is 14.4 Å². The Bertz CT molecular complexity index is 1400. The molecule has 1 aromatic carbocycles. The fourth-order valence-corrected chi connectivity index (χ4v) is 5.79. The highest BCUT2D eigenvalue weighted by Crippen LogP contribution is 2.53. The zero-order chi connectivity index (χ0) is 29.9. The molecule has 3 aliphatic carbocycles. The van der Waals surface area contributed by atoms with Crippen molar-refractivity contribution in [2.45, 2.75) is 35.2 Å². The molecule has 15 heteroatoms. The molecule has 1 fully saturated rings. The normalized spacial score (nSPS) is 24.2. The highest BCUT2D eigenvalue weighted by atomic mass is 35.6. The second-order valence-corrected chi connectivity index (χ2v) is 12.6. The van der Waals surface area contributed by atoms with Crippen molar-refractivity contribution in [1.29, 1.82) is 0 Å². The van der Waals surface area contributed by atoms with Gasteiger partial charge in [0.2, 0.25) is 9.58 Å². The second-order valence-electron chi connectivity index (χ2n) is 10.1. The van der Waals surface area contributed by atoms with Crippen LogP contribution in [0, 0.1) is 11.8 Å². The summed E-state index contributed by atoms with van der Waals surface area (Å²) in [6.07, 6.45) is -1.22. The summed E-state index contributed by atoms with van der Waals surface area (Å²) in [5, 5.41) is 47.0. The van der Waals surface area contributed by atoms with E-state index in [0.29, 0.717) is 11.3 Å². The number of nitrogens with one attached hydrogen (secondary N) is 1. The van der Waals surface area contributed by atoms with Crippen LogP contribution in [0.25, 0.3) is 5.76 Å². The van der Waals surface area contributed by atoms with E-state index in [-0.39, 0.29) is 36.1 Å². The third-order valence-corrected chi connectivity index (χ3v) is 7.72. The molecule has 1 saturated carbocycles. The number of amides is 2. The third-order valence-electron chi connectivity index (χ3n) is 7.39. The van der Waals surface area contributed by atoms with Crippen LogP contribution in [0.3, 0.4) is 0 Å². The number of aromatic hydroxyl groups is 1. The van der Waals surface area contributed by atoms with Crippen molar-refractivity contribution >= 4 is 69.8 Å². The van der Waals surface area contributed by atoms with Gasteiger partial charge in [0.15, 0.2) is 11.4 Å². The average molecular weight is 619 g/mol. The quantitative estimate of drug-likeness (QED) is 0.210. The highest BCUT2D eigenvalue weighted by molar-refractivity contribution is 6.67. The number of carbonyl (C=O) groups excluding carboxylic acids is 4. The van der Waals surface area contributed by atoms with Gasteiger partial charge in [-0.25, -0.2) is 4.79 Å². The molecule has 0 radical (unpaired) electrons.